The van der Waals surface area contributed by atoms with Crippen molar-refractivity contribution in [3.8, 4) is 91.2 Å². The van der Waals surface area contributed by atoms with Crippen molar-refractivity contribution in [3.63, 3.8) is 0 Å². The molecule has 8 heteroatoms. The summed E-state index contributed by atoms with van der Waals surface area (Å²) in [6.07, 6.45) is 0. The highest BCUT2D eigenvalue weighted by molar-refractivity contribution is 6.11. The molecule has 3 aromatic heterocycles. The zero-order chi connectivity index (χ0) is 42.1. The van der Waals surface area contributed by atoms with Crippen molar-refractivity contribution >= 4 is 21.8 Å². The van der Waals surface area contributed by atoms with Gasteiger partial charge in [0.2, 0.25) is 0 Å². The lowest BCUT2D eigenvalue weighted by Gasteiger charge is -2.19. The van der Waals surface area contributed by atoms with Crippen LogP contribution in [0.1, 0.15) is 5.56 Å². The highest BCUT2D eigenvalue weighted by Gasteiger charge is 2.25. The molecule has 294 valence electrons. The fourth-order valence-corrected chi connectivity index (χ4v) is 8.13. The molecule has 0 saturated carbocycles. The molecule has 0 aliphatic carbocycles. The number of rotatable bonds is 8. The summed E-state index contributed by atoms with van der Waals surface area (Å²) in [4.78, 5) is 31.1. The molecule has 0 unspecified atom stereocenters. The highest BCUT2D eigenvalue weighted by atomic mass is 15.1. The summed E-state index contributed by atoms with van der Waals surface area (Å²) in [7, 11) is 0. The van der Waals surface area contributed by atoms with E-state index in [-0.39, 0.29) is 0 Å². The van der Waals surface area contributed by atoms with Crippen molar-refractivity contribution in [3.05, 3.63) is 212 Å². The lowest BCUT2D eigenvalue weighted by atomic mass is 10.0. The van der Waals surface area contributed by atoms with Crippen molar-refractivity contribution in [1.29, 1.82) is 5.26 Å². The minimum atomic E-state index is 0.500. The smallest absolute Gasteiger partial charge is 0.166 e. The lowest BCUT2D eigenvalue weighted by Crippen LogP contribution is -2.07. The first-order valence-electron chi connectivity index (χ1n) is 20.6. The average Bonchev–Trinajstić information content (AvgIpc) is 3.70. The van der Waals surface area contributed by atoms with Gasteiger partial charge in [-0.2, -0.15) is 5.26 Å². The van der Waals surface area contributed by atoms with Crippen LogP contribution in [0.2, 0.25) is 0 Å². The Kier molecular flexibility index (Phi) is 9.37. The number of nitrogens with zero attached hydrogens (tertiary/aromatic N) is 8. The number of aromatic nitrogens is 7. The van der Waals surface area contributed by atoms with Gasteiger partial charge in [-0.15, -0.1) is 0 Å². The normalized spacial score (nSPS) is 11.2. The van der Waals surface area contributed by atoms with Gasteiger partial charge >= 0.3 is 0 Å². The van der Waals surface area contributed by atoms with Gasteiger partial charge in [0.05, 0.1) is 28.4 Å². The second-order valence-electron chi connectivity index (χ2n) is 15.1. The third kappa shape index (κ3) is 6.96. The Labute approximate surface area is 363 Å². The zero-order valence-corrected chi connectivity index (χ0v) is 33.7. The van der Waals surface area contributed by atoms with E-state index in [1.165, 1.54) is 0 Å². The number of fused-ring (bicyclic) bond motifs is 3. The minimum absolute atomic E-state index is 0.500. The molecule has 8 aromatic carbocycles. The van der Waals surface area contributed by atoms with Crippen LogP contribution in [0, 0.1) is 11.3 Å². The highest BCUT2D eigenvalue weighted by Crippen LogP contribution is 2.42. The second kappa shape index (κ2) is 15.9. The van der Waals surface area contributed by atoms with Crippen LogP contribution in [-0.4, -0.2) is 34.5 Å². The standard InChI is InChI=1S/C55H34N8/c56-35-36-28-30-37(31-29-36)42-32-33-48-46(34-42)43-24-13-14-27-47(43)63(48)49-44(54-59-50(38-16-5-1-6-17-38)57-51(60-54)39-18-7-2-8-19-39)25-15-26-45(49)55-61-52(40-20-9-3-10-21-40)58-53(62-55)41-22-11-4-12-23-41/h1-34H. The van der Waals surface area contributed by atoms with Crippen LogP contribution in [0.3, 0.4) is 0 Å². The first-order chi connectivity index (χ1) is 31.2. The molecular weight excluding hydrogens is 773 g/mol. The number of hydrogen-bond acceptors (Lipinski definition) is 7. The maximum Gasteiger partial charge on any atom is 0.166 e. The molecule has 0 amide bonds. The fourth-order valence-electron chi connectivity index (χ4n) is 8.13. The fraction of sp³-hybridized carbons (Fsp3) is 0. The Hall–Kier alpha value is -8.93. The van der Waals surface area contributed by atoms with Crippen LogP contribution in [0.25, 0.3) is 107 Å². The summed E-state index contributed by atoms with van der Waals surface area (Å²) in [5.74, 6) is 3.23. The largest absolute Gasteiger partial charge is 0.308 e. The first-order valence-corrected chi connectivity index (χ1v) is 20.6. The molecule has 11 rings (SSSR count). The molecule has 8 nitrogen and oxygen atoms in total. The predicted molar refractivity (Wildman–Crippen MR) is 250 cm³/mol. The summed E-state index contributed by atoms with van der Waals surface area (Å²) in [5.41, 5.74) is 10.5. The minimum Gasteiger partial charge on any atom is -0.308 e. The van der Waals surface area contributed by atoms with E-state index in [0.717, 1.165) is 72.0 Å². The van der Waals surface area contributed by atoms with E-state index in [0.29, 0.717) is 40.5 Å². The van der Waals surface area contributed by atoms with Crippen molar-refractivity contribution in [2.45, 2.75) is 0 Å². The lowest BCUT2D eigenvalue weighted by molar-refractivity contribution is 1.05. The van der Waals surface area contributed by atoms with E-state index >= 15 is 0 Å². The second-order valence-corrected chi connectivity index (χ2v) is 15.1. The monoisotopic (exact) mass is 806 g/mol. The number of benzene rings is 8. The topological polar surface area (TPSA) is 106 Å². The molecule has 0 spiro atoms. The van der Waals surface area contributed by atoms with Gasteiger partial charge < -0.3 is 4.57 Å². The third-order valence-electron chi connectivity index (χ3n) is 11.2. The number of nitriles is 1. The Morgan fingerprint density at radius 1 is 0.317 bits per heavy atom. The molecule has 3 heterocycles. The summed E-state index contributed by atoms with van der Waals surface area (Å²) >= 11 is 0. The Balaban J connectivity index is 1.24. The van der Waals surface area contributed by atoms with Crippen LogP contribution in [0.5, 0.6) is 0 Å². The molecule has 0 bridgehead atoms. The molecule has 0 aliphatic rings. The molecule has 63 heavy (non-hydrogen) atoms. The van der Waals surface area contributed by atoms with Crippen molar-refractivity contribution < 1.29 is 0 Å². The summed E-state index contributed by atoms with van der Waals surface area (Å²) < 4.78 is 2.29. The molecule has 0 radical (unpaired) electrons. The van der Waals surface area contributed by atoms with Crippen molar-refractivity contribution in [2.75, 3.05) is 0 Å². The molecule has 0 saturated heterocycles. The van der Waals surface area contributed by atoms with Crippen LogP contribution < -0.4 is 0 Å². The summed E-state index contributed by atoms with van der Waals surface area (Å²) in [6.45, 7) is 0. The van der Waals surface area contributed by atoms with Crippen molar-refractivity contribution in [2.24, 2.45) is 0 Å². The van der Waals surface area contributed by atoms with Gasteiger partial charge in [0, 0.05) is 44.2 Å². The summed E-state index contributed by atoms with van der Waals surface area (Å²) in [6, 6.07) is 71.1. The van der Waals surface area contributed by atoms with Gasteiger partial charge in [-0.3, -0.25) is 0 Å². The van der Waals surface area contributed by atoms with Gasteiger partial charge in [0.25, 0.3) is 0 Å². The van der Waals surface area contributed by atoms with E-state index in [1.807, 2.05) is 152 Å². The summed E-state index contributed by atoms with van der Waals surface area (Å²) in [5, 5.41) is 11.6. The molecule has 0 fully saturated rings. The Bertz CT molecular complexity index is 3230. The van der Waals surface area contributed by atoms with Crippen LogP contribution in [0.15, 0.2) is 206 Å². The predicted octanol–water partition coefficient (Wildman–Crippen LogP) is 12.7. The Morgan fingerprint density at radius 2 is 0.714 bits per heavy atom. The van der Waals surface area contributed by atoms with E-state index in [2.05, 4.69) is 65.2 Å². The maximum absolute atomic E-state index is 9.49. The number of para-hydroxylation sites is 2. The molecule has 11 aromatic rings. The molecular formula is C55H34N8. The number of hydrogen-bond donors (Lipinski definition) is 0. The zero-order valence-electron chi connectivity index (χ0n) is 33.7. The van der Waals surface area contributed by atoms with Crippen LogP contribution in [0.4, 0.5) is 0 Å². The van der Waals surface area contributed by atoms with Crippen LogP contribution >= 0.6 is 0 Å². The van der Waals surface area contributed by atoms with Gasteiger partial charge in [0.1, 0.15) is 0 Å². The Morgan fingerprint density at radius 3 is 1.17 bits per heavy atom. The molecule has 0 aliphatic heterocycles. The van der Waals surface area contributed by atoms with E-state index in [4.69, 9.17) is 29.9 Å². The SMILES string of the molecule is N#Cc1ccc(-c2ccc3c(c2)c2ccccc2n3-c2c(-c3nc(-c4ccccc4)nc(-c4ccccc4)n3)cccc2-c2nc(-c3ccccc3)nc(-c3ccccc3)n2)cc1. The van der Waals surface area contributed by atoms with Gasteiger partial charge in [-0.1, -0.05) is 164 Å². The molecule has 0 N–H and O–H groups in total. The first kappa shape index (κ1) is 37.1. The van der Waals surface area contributed by atoms with Gasteiger partial charge in [-0.25, -0.2) is 29.9 Å². The average molecular weight is 807 g/mol. The maximum atomic E-state index is 9.49. The third-order valence-corrected chi connectivity index (χ3v) is 11.2. The molecule has 0 atom stereocenters. The van der Waals surface area contributed by atoms with Crippen LogP contribution in [-0.2, 0) is 0 Å². The van der Waals surface area contributed by atoms with Crippen molar-refractivity contribution in [1.82, 2.24) is 34.5 Å². The van der Waals surface area contributed by atoms with Gasteiger partial charge in [-0.05, 0) is 53.6 Å². The van der Waals surface area contributed by atoms with E-state index in [1.54, 1.807) is 0 Å². The van der Waals surface area contributed by atoms with Gasteiger partial charge in [0.15, 0.2) is 34.9 Å². The quantitative estimate of drug-likeness (QED) is 0.150. The van der Waals surface area contributed by atoms with E-state index in [9.17, 15) is 5.26 Å². The van der Waals surface area contributed by atoms with E-state index < -0.39 is 0 Å².